The number of anilines is 1. The Bertz CT molecular complexity index is 603. The number of benzene rings is 1. The SMILES string of the molecule is CCOC(=O)N(C(=O)OC(C)C)c1ccccc1COC(=O)CNC. The number of esters is 1. The van der Waals surface area contributed by atoms with Crippen LogP contribution in [0.15, 0.2) is 24.3 Å². The lowest BCUT2D eigenvalue weighted by Gasteiger charge is -2.23. The molecule has 1 N–H and O–H groups in total. The molecule has 0 unspecified atom stereocenters. The lowest BCUT2D eigenvalue weighted by molar-refractivity contribution is -0.143. The first-order valence-corrected chi connectivity index (χ1v) is 7.96. The van der Waals surface area contributed by atoms with E-state index in [1.807, 2.05) is 0 Å². The normalized spacial score (nSPS) is 10.3. The van der Waals surface area contributed by atoms with Crippen molar-refractivity contribution in [2.75, 3.05) is 25.1 Å². The Balaban J connectivity index is 3.10. The molecule has 8 heteroatoms. The quantitative estimate of drug-likeness (QED) is 0.595. The van der Waals surface area contributed by atoms with E-state index in [9.17, 15) is 14.4 Å². The molecule has 0 aliphatic carbocycles. The number of imide groups is 1. The summed E-state index contributed by atoms with van der Waals surface area (Å²) >= 11 is 0. The number of ether oxygens (including phenoxy) is 3. The van der Waals surface area contributed by atoms with Crippen molar-refractivity contribution in [3.63, 3.8) is 0 Å². The average molecular weight is 352 g/mol. The molecule has 1 aromatic carbocycles. The van der Waals surface area contributed by atoms with E-state index in [1.54, 1.807) is 52.1 Å². The van der Waals surface area contributed by atoms with Crippen molar-refractivity contribution in [3.8, 4) is 0 Å². The van der Waals surface area contributed by atoms with Crippen molar-refractivity contribution in [2.45, 2.75) is 33.5 Å². The van der Waals surface area contributed by atoms with Crippen molar-refractivity contribution in [1.29, 1.82) is 0 Å². The summed E-state index contributed by atoms with van der Waals surface area (Å²) in [6.07, 6.45) is -2.13. The first-order chi connectivity index (χ1) is 11.9. The second kappa shape index (κ2) is 10.3. The van der Waals surface area contributed by atoms with Gasteiger partial charge in [0.1, 0.15) is 6.61 Å². The highest BCUT2D eigenvalue weighted by atomic mass is 16.6. The zero-order valence-electron chi connectivity index (χ0n) is 14.9. The second-order valence-electron chi connectivity index (χ2n) is 5.29. The minimum absolute atomic E-state index is 0.0547. The number of para-hydroxylation sites is 1. The first kappa shape index (κ1) is 20.4. The van der Waals surface area contributed by atoms with Gasteiger partial charge >= 0.3 is 18.2 Å². The molecule has 0 aromatic heterocycles. The van der Waals surface area contributed by atoms with E-state index in [0.717, 1.165) is 4.90 Å². The van der Waals surface area contributed by atoms with E-state index in [1.165, 1.54) is 0 Å². The summed E-state index contributed by atoms with van der Waals surface area (Å²) in [7, 11) is 1.62. The average Bonchev–Trinajstić information content (AvgIpc) is 2.54. The van der Waals surface area contributed by atoms with Crippen LogP contribution in [0.4, 0.5) is 15.3 Å². The lowest BCUT2D eigenvalue weighted by Crippen LogP contribution is -2.39. The van der Waals surface area contributed by atoms with Gasteiger partial charge in [0.15, 0.2) is 0 Å². The molecule has 0 fully saturated rings. The minimum Gasteiger partial charge on any atom is -0.460 e. The highest BCUT2D eigenvalue weighted by Gasteiger charge is 2.29. The van der Waals surface area contributed by atoms with Crippen LogP contribution < -0.4 is 10.2 Å². The second-order valence-corrected chi connectivity index (χ2v) is 5.29. The smallest absolute Gasteiger partial charge is 0.424 e. The van der Waals surface area contributed by atoms with Crippen LogP contribution in [0.2, 0.25) is 0 Å². The van der Waals surface area contributed by atoms with E-state index in [4.69, 9.17) is 14.2 Å². The maximum absolute atomic E-state index is 12.3. The van der Waals surface area contributed by atoms with Gasteiger partial charge in [0.2, 0.25) is 0 Å². The predicted molar refractivity (Wildman–Crippen MR) is 91.3 cm³/mol. The topological polar surface area (TPSA) is 94.2 Å². The molecule has 1 rings (SSSR count). The zero-order valence-corrected chi connectivity index (χ0v) is 14.9. The zero-order chi connectivity index (χ0) is 18.8. The Morgan fingerprint density at radius 2 is 1.80 bits per heavy atom. The fourth-order valence-electron chi connectivity index (χ4n) is 1.92. The third-order valence-electron chi connectivity index (χ3n) is 2.91. The summed E-state index contributed by atoms with van der Waals surface area (Å²) in [5.74, 6) is -0.454. The standard InChI is InChI=1S/C17H24N2O6/c1-5-23-16(21)19(17(22)25-12(2)3)14-9-7-6-8-13(14)11-24-15(20)10-18-4/h6-9,12,18H,5,10-11H2,1-4H3. The molecule has 0 bridgehead atoms. The van der Waals surface area contributed by atoms with Crippen LogP contribution in [0.25, 0.3) is 0 Å². The van der Waals surface area contributed by atoms with Crippen molar-refractivity contribution >= 4 is 23.8 Å². The number of nitrogens with zero attached hydrogens (tertiary/aromatic N) is 1. The van der Waals surface area contributed by atoms with E-state index < -0.39 is 24.3 Å². The van der Waals surface area contributed by atoms with Gasteiger partial charge in [-0.3, -0.25) is 4.79 Å². The minimum atomic E-state index is -0.859. The fraction of sp³-hybridized carbons (Fsp3) is 0.471. The summed E-state index contributed by atoms with van der Waals surface area (Å²) in [5.41, 5.74) is 0.713. The number of amides is 2. The van der Waals surface area contributed by atoms with Gasteiger partial charge in [-0.2, -0.15) is 4.90 Å². The molecule has 138 valence electrons. The van der Waals surface area contributed by atoms with Crippen LogP contribution in [0.3, 0.4) is 0 Å². The molecule has 0 saturated carbocycles. The highest BCUT2D eigenvalue weighted by molar-refractivity contribution is 6.09. The monoisotopic (exact) mass is 352 g/mol. The van der Waals surface area contributed by atoms with E-state index >= 15 is 0 Å². The number of rotatable bonds is 7. The molecule has 0 radical (unpaired) electrons. The summed E-state index contributed by atoms with van der Waals surface area (Å²) in [6.45, 7) is 5.04. The van der Waals surface area contributed by atoms with Gasteiger partial charge in [0.25, 0.3) is 0 Å². The maximum atomic E-state index is 12.3. The van der Waals surface area contributed by atoms with Crippen LogP contribution >= 0.6 is 0 Å². The van der Waals surface area contributed by atoms with Gasteiger partial charge in [0, 0.05) is 5.56 Å². The molecular weight excluding hydrogens is 328 g/mol. The van der Waals surface area contributed by atoms with E-state index in [0.29, 0.717) is 5.56 Å². The van der Waals surface area contributed by atoms with Gasteiger partial charge in [-0.15, -0.1) is 0 Å². The van der Waals surface area contributed by atoms with Crippen LogP contribution in [0, 0.1) is 0 Å². The number of carbonyl (C=O) groups excluding carboxylic acids is 3. The van der Waals surface area contributed by atoms with Crippen LogP contribution in [0.1, 0.15) is 26.3 Å². The molecule has 0 aliphatic heterocycles. The predicted octanol–water partition coefficient (Wildman–Crippen LogP) is 2.46. The van der Waals surface area contributed by atoms with Gasteiger partial charge < -0.3 is 19.5 Å². The third kappa shape index (κ3) is 6.42. The first-order valence-electron chi connectivity index (χ1n) is 7.96. The number of hydrogen-bond acceptors (Lipinski definition) is 7. The Labute approximate surface area is 147 Å². The van der Waals surface area contributed by atoms with Gasteiger partial charge in [-0.25, -0.2) is 9.59 Å². The molecule has 8 nitrogen and oxygen atoms in total. The van der Waals surface area contributed by atoms with Crippen LogP contribution in [0.5, 0.6) is 0 Å². The number of carbonyl (C=O) groups is 3. The molecule has 2 amide bonds. The Morgan fingerprint density at radius 1 is 1.12 bits per heavy atom. The molecular formula is C17H24N2O6. The van der Waals surface area contributed by atoms with Crippen molar-refractivity contribution < 1.29 is 28.6 Å². The van der Waals surface area contributed by atoms with Gasteiger partial charge in [0.05, 0.1) is 24.9 Å². The van der Waals surface area contributed by atoms with Gasteiger partial charge in [-0.05, 0) is 33.9 Å². The molecule has 25 heavy (non-hydrogen) atoms. The van der Waals surface area contributed by atoms with Crippen molar-refractivity contribution in [1.82, 2.24) is 5.32 Å². The molecule has 0 atom stereocenters. The summed E-state index contributed by atoms with van der Waals surface area (Å²) in [4.78, 5) is 36.9. The van der Waals surface area contributed by atoms with Gasteiger partial charge in [-0.1, -0.05) is 18.2 Å². The molecule has 0 aliphatic rings. The number of hydrogen-bond donors (Lipinski definition) is 1. The maximum Gasteiger partial charge on any atom is 0.424 e. The number of nitrogens with one attached hydrogen (secondary N) is 1. The summed E-state index contributed by atoms with van der Waals surface area (Å²) in [5, 5.41) is 2.68. The molecule has 1 aromatic rings. The number of likely N-dealkylation sites (N-methyl/N-ethyl adjacent to an activating group) is 1. The lowest BCUT2D eigenvalue weighted by atomic mass is 10.2. The van der Waals surface area contributed by atoms with Crippen LogP contribution in [-0.2, 0) is 25.6 Å². The summed E-state index contributed by atoms with van der Waals surface area (Å²) in [6, 6.07) is 6.57. The van der Waals surface area contributed by atoms with E-state index in [2.05, 4.69) is 5.32 Å². The fourth-order valence-corrected chi connectivity index (χ4v) is 1.92. The molecule has 0 heterocycles. The van der Waals surface area contributed by atoms with Crippen LogP contribution in [-0.4, -0.2) is 44.5 Å². The highest BCUT2D eigenvalue weighted by Crippen LogP contribution is 2.23. The third-order valence-corrected chi connectivity index (χ3v) is 2.91. The Hall–Kier alpha value is -2.61. The summed E-state index contributed by atoms with van der Waals surface area (Å²) < 4.78 is 15.2. The molecule has 0 spiro atoms. The molecule has 0 saturated heterocycles. The van der Waals surface area contributed by atoms with Crippen molar-refractivity contribution in [2.24, 2.45) is 0 Å². The Morgan fingerprint density at radius 3 is 2.40 bits per heavy atom. The largest absolute Gasteiger partial charge is 0.460 e. The van der Waals surface area contributed by atoms with E-state index in [-0.39, 0.29) is 25.4 Å². The van der Waals surface area contributed by atoms with Crippen molar-refractivity contribution in [3.05, 3.63) is 29.8 Å². The Kier molecular flexibility index (Phi) is 8.42.